The fraction of sp³-hybridized carbons (Fsp3) is 0.643. The maximum Gasteiger partial charge on any atom is 0.418 e. The van der Waals surface area contributed by atoms with Crippen LogP contribution in [0.15, 0.2) is 12.1 Å². The lowest BCUT2D eigenvalue weighted by molar-refractivity contribution is -0.139. The summed E-state index contributed by atoms with van der Waals surface area (Å²) >= 11 is 6.02. The first-order valence-corrected chi connectivity index (χ1v) is 14.5. The molecular formula is C28H34ClF4N5O4. The molecule has 0 bridgehead atoms. The molecule has 3 N–H and O–H groups in total. The van der Waals surface area contributed by atoms with Gasteiger partial charge in [0.1, 0.15) is 24.2 Å². The highest BCUT2D eigenvalue weighted by atomic mass is 35.5. The van der Waals surface area contributed by atoms with Crippen LogP contribution in [-0.4, -0.2) is 83.3 Å². The van der Waals surface area contributed by atoms with Crippen LogP contribution in [-0.2, 0) is 28.7 Å². The van der Waals surface area contributed by atoms with Crippen molar-refractivity contribution in [3.05, 3.63) is 39.5 Å². The lowest BCUT2D eigenvalue weighted by Gasteiger charge is -2.34. The maximum atomic E-state index is 14.4. The van der Waals surface area contributed by atoms with Gasteiger partial charge in [0.25, 0.3) is 0 Å². The van der Waals surface area contributed by atoms with Gasteiger partial charge in [-0.3, -0.25) is 4.90 Å². The van der Waals surface area contributed by atoms with Gasteiger partial charge in [-0.25, -0.2) is 4.39 Å². The molecule has 9 nitrogen and oxygen atoms in total. The summed E-state index contributed by atoms with van der Waals surface area (Å²) in [5.74, 6) is 0.455. The van der Waals surface area contributed by atoms with E-state index in [1.54, 1.807) is 6.92 Å². The summed E-state index contributed by atoms with van der Waals surface area (Å²) in [4.78, 5) is 13.3. The first kappa shape index (κ1) is 29.6. The smallest absolute Gasteiger partial charge is 0.418 e. The van der Waals surface area contributed by atoms with Crippen LogP contribution in [0.25, 0.3) is 0 Å². The number of ether oxygens (including phenoxy) is 3. The minimum atomic E-state index is -4.73. The number of anilines is 2. The number of aliphatic hydroxyl groups is 1. The zero-order valence-electron chi connectivity index (χ0n) is 23.2. The molecule has 0 radical (unpaired) electrons. The standard InChI is InChI=1S/C28H34ClF4N5O4/c1-26(39)13-37(5-6-40-14-26)24-19-12-41-22(18-7-17(34)8-20(29)23(18)28(31,32)33)9-21(19)35-25(36-24)42-15-27-3-2-4-38(27)11-16(30)10-27/h7-8,16,22,39H,2-6,9-15,34H2,1H3/t16-,22+,26+,27+/m1/s1. The van der Waals surface area contributed by atoms with E-state index in [1.165, 1.54) is 6.07 Å². The summed E-state index contributed by atoms with van der Waals surface area (Å²) < 4.78 is 74.3. The molecule has 0 aliphatic carbocycles. The number of nitrogens with zero attached hydrogens (tertiary/aromatic N) is 4. The van der Waals surface area contributed by atoms with Crippen LogP contribution in [0.3, 0.4) is 0 Å². The highest BCUT2D eigenvalue weighted by molar-refractivity contribution is 6.31. The normalized spacial score (nSPS) is 30.2. The molecule has 0 saturated carbocycles. The molecule has 6 rings (SSSR count). The SMILES string of the molecule is C[C@@]1(O)COCCN(c2nc(OC[C@@]34CCCN3C[C@H](F)C4)nc3c2CO[C@H](c2cc(N)cc(Cl)c2C(F)(F)F)C3)C1. The number of aromatic nitrogens is 2. The molecule has 0 spiro atoms. The number of hydrogen-bond acceptors (Lipinski definition) is 9. The lowest BCUT2D eigenvalue weighted by Crippen LogP contribution is -2.44. The van der Waals surface area contributed by atoms with Crippen LogP contribution in [0.2, 0.25) is 5.02 Å². The van der Waals surface area contributed by atoms with Gasteiger partial charge >= 0.3 is 12.2 Å². The predicted molar refractivity (Wildman–Crippen MR) is 146 cm³/mol. The van der Waals surface area contributed by atoms with E-state index in [4.69, 9.17) is 36.5 Å². The van der Waals surface area contributed by atoms with Gasteiger partial charge in [-0.05, 0) is 44.0 Å². The van der Waals surface area contributed by atoms with Gasteiger partial charge in [0.2, 0.25) is 0 Å². The van der Waals surface area contributed by atoms with Crippen molar-refractivity contribution in [3.63, 3.8) is 0 Å². The fourth-order valence-electron chi connectivity index (χ4n) is 6.79. The Bertz CT molecular complexity index is 1350. The van der Waals surface area contributed by atoms with Gasteiger partial charge in [0.15, 0.2) is 0 Å². The third kappa shape index (κ3) is 5.73. The third-order valence-electron chi connectivity index (χ3n) is 8.61. The Morgan fingerprint density at radius 1 is 1.26 bits per heavy atom. The first-order valence-electron chi connectivity index (χ1n) is 14.1. The van der Waals surface area contributed by atoms with Crippen molar-refractivity contribution in [1.29, 1.82) is 0 Å². The second kappa shape index (κ2) is 10.9. The van der Waals surface area contributed by atoms with Gasteiger partial charge < -0.3 is 30.0 Å². The van der Waals surface area contributed by atoms with Crippen molar-refractivity contribution in [2.24, 2.45) is 0 Å². The summed E-state index contributed by atoms with van der Waals surface area (Å²) in [5.41, 5.74) is 4.23. The molecule has 3 saturated heterocycles. The number of benzene rings is 1. The van der Waals surface area contributed by atoms with Gasteiger partial charge in [-0.15, -0.1) is 0 Å². The molecule has 14 heteroatoms. The number of hydrogen-bond donors (Lipinski definition) is 2. The molecule has 4 aliphatic rings. The number of halogens is 5. The Morgan fingerprint density at radius 2 is 2.07 bits per heavy atom. The first-order chi connectivity index (χ1) is 19.8. The van der Waals surface area contributed by atoms with E-state index in [1.807, 2.05) is 4.90 Å². The van der Waals surface area contributed by atoms with Crippen LogP contribution in [0, 0.1) is 0 Å². The van der Waals surface area contributed by atoms with E-state index in [2.05, 4.69) is 9.88 Å². The molecule has 3 fully saturated rings. The molecule has 1 aromatic carbocycles. The summed E-state index contributed by atoms with van der Waals surface area (Å²) in [6.07, 6.45) is -4.61. The summed E-state index contributed by atoms with van der Waals surface area (Å²) in [6, 6.07) is 2.34. The van der Waals surface area contributed by atoms with Crippen molar-refractivity contribution in [3.8, 4) is 6.01 Å². The predicted octanol–water partition coefficient (Wildman–Crippen LogP) is 4.09. The zero-order valence-corrected chi connectivity index (χ0v) is 24.0. The average Bonchev–Trinajstić information content (AvgIpc) is 3.35. The Hall–Kier alpha value is -2.45. The van der Waals surface area contributed by atoms with E-state index in [-0.39, 0.29) is 50.0 Å². The topological polar surface area (TPSA) is 106 Å². The van der Waals surface area contributed by atoms with Crippen LogP contribution in [0.1, 0.15) is 54.7 Å². The second-order valence-corrected chi connectivity index (χ2v) is 12.5. The van der Waals surface area contributed by atoms with Gasteiger partial charge in [0.05, 0.1) is 54.3 Å². The molecule has 42 heavy (non-hydrogen) atoms. The minimum absolute atomic E-state index is 0.0192. The van der Waals surface area contributed by atoms with Crippen LogP contribution >= 0.6 is 11.6 Å². The van der Waals surface area contributed by atoms with Crippen LogP contribution in [0.5, 0.6) is 6.01 Å². The van der Waals surface area contributed by atoms with Crippen molar-refractivity contribution in [1.82, 2.24) is 14.9 Å². The number of β-amino-alcohol motifs (C(OH)–C–C–N with tert-alkyl or cyclic N) is 1. The molecule has 4 atom stereocenters. The van der Waals surface area contributed by atoms with Gasteiger partial charge in [0, 0.05) is 37.2 Å². The molecule has 4 aliphatic heterocycles. The van der Waals surface area contributed by atoms with E-state index in [9.17, 15) is 22.7 Å². The van der Waals surface area contributed by atoms with E-state index in [0.717, 1.165) is 25.5 Å². The molecule has 230 valence electrons. The molecule has 5 heterocycles. The number of alkyl halides is 4. The van der Waals surface area contributed by atoms with E-state index >= 15 is 0 Å². The highest BCUT2D eigenvalue weighted by Crippen LogP contribution is 2.45. The van der Waals surface area contributed by atoms with E-state index < -0.39 is 40.2 Å². The zero-order chi connectivity index (χ0) is 29.9. The number of nitrogens with two attached hydrogens (primary N) is 1. The Balaban J connectivity index is 1.36. The van der Waals surface area contributed by atoms with E-state index in [0.29, 0.717) is 43.2 Å². The lowest BCUT2D eigenvalue weighted by atomic mass is 9.94. The van der Waals surface area contributed by atoms with Crippen LogP contribution in [0.4, 0.5) is 29.1 Å². The van der Waals surface area contributed by atoms with Crippen molar-refractivity contribution >= 4 is 23.1 Å². The molecule has 0 unspecified atom stereocenters. The van der Waals surface area contributed by atoms with Crippen molar-refractivity contribution in [2.75, 3.05) is 56.6 Å². The Labute approximate surface area is 245 Å². The van der Waals surface area contributed by atoms with Crippen LogP contribution < -0.4 is 15.4 Å². The number of fused-ring (bicyclic) bond motifs is 2. The van der Waals surface area contributed by atoms with Gasteiger partial charge in [-0.2, -0.15) is 23.1 Å². The largest absolute Gasteiger partial charge is 0.461 e. The second-order valence-electron chi connectivity index (χ2n) is 12.1. The highest BCUT2D eigenvalue weighted by Gasteiger charge is 2.49. The van der Waals surface area contributed by atoms with Crippen molar-refractivity contribution < 1.29 is 36.9 Å². The summed E-state index contributed by atoms with van der Waals surface area (Å²) in [5, 5.41) is 10.3. The molecule has 2 aromatic rings. The minimum Gasteiger partial charge on any atom is -0.461 e. The quantitative estimate of drug-likeness (QED) is 0.380. The molecular weight excluding hydrogens is 582 g/mol. The number of rotatable bonds is 5. The molecule has 0 amide bonds. The monoisotopic (exact) mass is 615 g/mol. The van der Waals surface area contributed by atoms with Gasteiger partial charge in [-0.1, -0.05) is 11.6 Å². The number of nitrogen functional groups attached to an aromatic ring is 1. The van der Waals surface area contributed by atoms with Crippen molar-refractivity contribution in [2.45, 2.75) is 68.8 Å². The fourth-order valence-corrected chi connectivity index (χ4v) is 7.13. The average molecular weight is 616 g/mol. The summed E-state index contributed by atoms with van der Waals surface area (Å²) in [7, 11) is 0. The Kier molecular flexibility index (Phi) is 7.70. The molecule has 1 aromatic heterocycles. The maximum absolute atomic E-state index is 14.4. The Morgan fingerprint density at radius 3 is 2.86 bits per heavy atom. The summed E-state index contributed by atoms with van der Waals surface area (Å²) in [6.45, 7) is 4.01. The third-order valence-corrected chi connectivity index (χ3v) is 8.91.